The third-order valence-electron chi connectivity index (χ3n) is 4.04. The van der Waals surface area contributed by atoms with Crippen LogP contribution in [0.4, 0.5) is 11.4 Å². The maximum Gasteiger partial charge on any atom is 0.277 e. The van der Waals surface area contributed by atoms with Crippen LogP contribution in [0.1, 0.15) is 26.3 Å². The van der Waals surface area contributed by atoms with E-state index < -0.39 is 44.3 Å². The smallest absolute Gasteiger partial charge is 0.277 e. The van der Waals surface area contributed by atoms with Crippen molar-refractivity contribution in [2.24, 2.45) is 0 Å². The van der Waals surface area contributed by atoms with Crippen molar-refractivity contribution in [1.29, 1.82) is 0 Å². The fourth-order valence-corrected chi connectivity index (χ4v) is 2.52. The van der Waals surface area contributed by atoms with Gasteiger partial charge in [-0.2, -0.15) is 0 Å². The summed E-state index contributed by atoms with van der Waals surface area (Å²) in [4.78, 5) is 53.9. The van der Waals surface area contributed by atoms with Crippen molar-refractivity contribution < 1.29 is 29.3 Å². The molecule has 0 fully saturated rings. The summed E-state index contributed by atoms with van der Waals surface area (Å²) in [7, 11) is 0. The Hall–Kier alpha value is -4.99. The lowest BCUT2D eigenvalue weighted by molar-refractivity contribution is -0.394. The number of carbonyl (C=O) groups excluding carboxylic acids is 3. The van der Waals surface area contributed by atoms with Crippen molar-refractivity contribution in [3.8, 4) is 0 Å². The maximum atomic E-state index is 12.1. The zero-order valence-corrected chi connectivity index (χ0v) is 16.8. The summed E-state index contributed by atoms with van der Waals surface area (Å²) >= 11 is 0. The Bertz CT molecular complexity index is 1190. The minimum atomic E-state index is -1.17. The molecule has 0 saturated carbocycles. The highest BCUT2D eigenvalue weighted by atomic mass is 16.6. The van der Waals surface area contributed by atoms with Crippen LogP contribution >= 0.6 is 0 Å². The highest BCUT2D eigenvalue weighted by Gasteiger charge is 2.24. The Kier molecular flexibility index (Phi) is 8.40. The van der Waals surface area contributed by atoms with Gasteiger partial charge in [0.2, 0.25) is 11.6 Å². The van der Waals surface area contributed by atoms with Crippen LogP contribution in [0.3, 0.4) is 0 Å². The van der Waals surface area contributed by atoms with Gasteiger partial charge in [-0.25, -0.2) is 0 Å². The predicted molar refractivity (Wildman–Crippen MR) is 115 cm³/mol. The monoisotopic (exact) mass is 447 g/mol. The second-order valence-electron chi connectivity index (χ2n) is 6.34. The summed E-state index contributed by atoms with van der Waals surface area (Å²) in [5.41, 5.74) is -0.690. The van der Waals surface area contributed by atoms with Crippen LogP contribution in [0.15, 0.2) is 84.9 Å². The largest absolute Gasteiger partial charge is 0.545 e. The zero-order chi connectivity index (χ0) is 24.4. The number of nitrogens with zero attached hydrogens (tertiary/aromatic N) is 2. The normalized spacial score (nSPS) is 10.1. The molecule has 3 aromatic carbocycles. The molecule has 0 atom stereocenters. The second kappa shape index (κ2) is 11.4. The van der Waals surface area contributed by atoms with E-state index in [1.54, 1.807) is 18.2 Å². The maximum absolute atomic E-state index is 12.1. The number of Topliss-reactive ketones (excluding diaryl/α,β-unsaturated/α-hetero) is 2. The lowest BCUT2D eigenvalue weighted by atomic mass is 10.0. The van der Waals surface area contributed by atoms with Gasteiger partial charge in [-0.15, -0.1) is 0 Å². The molecule has 10 heteroatoms. The molecular formula is C23H15N2O8-. The molecule has 0 aromatic heterocycles. The van der Waals surface area contributed by atoms with Crippen molar-refractivity contribution in [2.45, 2.75) is 0 Å². The van der Waals surface area contributed by atoms with Gasteiger partial charge in [-0.05, 0) is 11.6 Å². The van der Waals surface area contributed by atoms with Gasteiger partial charge in [0.1, 0.15) is 0 Å². The highest BCUT2D eigenvalue weighted by Crippen LogP contribution is 2.23. The van der Waals surface area contributed by atoms with Gasteiger partial charge < -0.3 is 9.90 Å². The number of non-ortho nitro benzene ring substituents is 2. The first-order valence-corrected chi connectivity index (χ1v) is 9.21. The highest BCUT2D eigenvalue weighted by molar-refractivity contribution is 6.49. The molecule has 166 valence electrons. The molecule has 0 spiro atoms. The van der Waals surface area contributed by atoms with E-state index in [1.165, 1.54) is 18.2 Å². The van der Waals surface area contributed by atoms with Crippen molar-refractivity contribution in [3.63, 3.8) is 0 Å². The summed E-state index contributed by atoms with van der Waals surface area (Å²) in [6.45, 7) is 0. The standard InChI is InChI=1S/C14H8N2O6.C9H8O2/c17-13(9-4-2-1-3-5-9)14(18)10-6-11(15(19)20)8-12(7-10)16(21)22;10-9(11)7-6-8-4-2-1-3-5-8/h1-8H;1-7H,(H,10,11)/p-1/b;7-6+. The summed E-state index contributed by atoms with van der Waals surface area (Å²) in [6.07, 6.45) is 2.50. The first-order valence-electron chi connectivity index (χ1n) is 9.21. The first kappa shape index (κ1) is 24.3. The van der Waals surface area contributed by atoms with Crippen LogP contribution in [0.25, 0.3) is 6.08 Å². The van der Waals surface area contributed by atoms with Crippen molar-refractivity contribution in [2.75, 3.05) is 0 Å². The quantitative estimate of drug-likeness (QED) is 0.176. The summed E-state index contributed by atoms with van der Waals surface area (Å²) in [5, 5.41) is 31.5. The van der Waals surface area contributed by atoms with Crippen molar-refractivity contribution in [3.05, 3.63) is 122 Å². The average Bonchev–Trinajstić information content (AvgIpc) is 2.83. The van der Waals surface area contributed by atoms with E-state index in [-0.39, 0.29) is 5.56 Å². The molecule has 0 N–H and O–H groups in total. The van der Waals surface area contributed by atoms with Crippen molar-refractivity contribution >= 4 is 35.0 Å². The number of benzene rings is 3. The molecule has 0 unspecified atom stereocenters. The fourth-order valence-electron chi connectivity index (χ4n) is 2.52. The molecule has 0 bridgehead atoms. The Morgan fingerprint density at radius 2 is 1.12 bits per heavy atom. The van der Waals surface area contributed by atoms with Crippen LogP contribution in [0.2, 0.25) is 0 Å². The minimum Gasteiger partial charge on any atom is -0.545 e. The third kappa shape index (κ3) is 7.33. The number of carbonyl (C=O) groups is 3. The predicted octanol–water partition coefficient (Wildman–Crippen LogP) is 3.02. The molecule has 0 amide bonds. The Balaban J connectivity index is 0.000000294. The fraction of sp³-hybridized carbons (Fsp3) is 0. The van der Waals surface area contributed by atoms with Crippen LogP contribution in [-0.4, -0.2) is 27.4 Å². The number of ketones is 2. The molecule has 0 aliphatic carbocycles. The molecule has 3 aromatic rings. The number of hydrogen-bond donors (Lipinski definition) is 0. The van der Waals surface area contributed by atoms with Gasteiger partial charge in [0.15, 0.2) is 0 Å². The number of carboxylic acid groups (broad SMARTS) is 1. The van der Waals surface area contributed by atoms with E-state index in [0.29, 0.717) is 0 Å². The lowest BCUT2D eigenvalue weighted by Gasteiger charge is -2.01. The van der Waals surface area contributed by atoms with Gasteiger partial charge in [-0.1, -0.05) is 66.7 Å². The van der Waals surface area contributed by atoms with Crippen LogP contribution in [0, 0.1) is 20.2 Å². The van der Waals surface area contributed by atoms with Gasteiger partial charge in [-0.3, -0.25) is 29.8 Å². The van der Waals surface area contributed by atoms with Crippen LogP contribution in [-0.2, 0) is 4.79 Å². The van der Waals surface area contributed by atoms with Crippen molar-refractivity contribution in [1.82, 2.24) is 0 Å². The molecule has 0 radical (unpaired) electrons. The number of hydrogen-bond acceptors (Lipinski definition) is 8. The summed E-state index contributed by atoms with van der Waals surface area (Å²) in [5.74, 6) is -3.11. The lowest BCUT2D eigenvalue weighted by Crippen LogP contribution is -2.18. The molecule has 0 aliphatic heterocycles. The Labute approximate surface area is 186 Å². The number of carboxylic acids is 1. The molecule has 10 nitrogen and oxygen atoms in total. The molecule has 0 saturated heterocycles. The number of rotatable bonds is 7. The molecule has 33 heavy (non-hydrogen) atoms. The molecular weight excluding hydrogens is 432 g/mol. The topological polar surface area (TPSA) is 161 Å². The van der Waals surface area contributed by atoms with Gasteiger partial charge in [0.25, 0.3) is 11.4 Å². The molecule has 3 rings (SSSR count). The van der Waals surface area contributed by atoms with Gasteiger partial charge >= 0.3 is 0 Å². The Morgan fingerprint density at radius 3 is 1.58 bits per heavy atom. The van der Waals surface area contributed by atoms with E-state index in [1.807, 2.05) is 30.3 Å². The third-order valence-corrected chi connectivity index (χ3v) is 4.04. The molecule has 0 aliphatic rings. The Morgan fingerprint density at radius 1 is 0.667 bits per heavy atom. The van der Waals surface area contributed by atoms with E-state index in [4.69, 9.17) is 0 Å². The number of nitro benzene ring substituents is 2. The molecule has 0 heterocycles. The SMILES string of the molecule is O=C(C(=O)c1cc([N+](=O)[O-])cc([N+](=O)[O-])c1)c1ccccc1.O=C([O-])/C=C/c1ccccc1. The van der Waals surface area contributed by atoms with Gasteiger partial charge in [0, 0.05) is 23.3 Å². The zero-order valence-electron chi connectivity index (χ0n) is 16.8. The minimum absolute atomic E-state index is 0.0988. The van der Waals surface area contributed by atoms with E-state index in [2.05, 4.69) is 0 Å². The summed E-state index contributed by atoms with van der Waals surface area (Å²) < 4.78 is 0. The van der Waals surface area contributed by atoms with Gasteiger partial charge in [0.05, 0.1) is 21.9 Å². The van der Waals surface area contributed by atoms with E-state index in [0.717, 1.165) is 29.8 Å². The first-order chi connectivity index (χ1) is 15.7. The summed E-state index contributed by atoms with van der Waals surface area (Å²) in [6, 6.07) is 19.2. The number of aliphatic carboxylic acids is 1. The van der Waals surface area contributed by atoms with Crippen LogP contribution in [0.5, 0.6) is 0 Å². The van der Waals surface area contributed by atoms with E-state index in [9.17, 15) is 39.7 Å². The van der Waals surface area contributed by atoms with Crippen LogP contribution < -0.4 is 5.11 Å². The van der Waals surface area contributed by atoms with E-state index >= 15 is 0 Å². The number of nitro groups is 2. The average molecular weight is 447 g/mol. The second-order valence-corrected chi connectivity index (χ2v) is 6.34.